The van der Waals surface area contributed by atoms with Crippen LogP contribution in [0.4, 0.5) is 5.69 Å². The predicted molar refractivity (Wildman–Crippen MR) is 117 cm³/mol. The first-order chi connectivity index (χ1) is 15.6. The molecule has 2 aliphatic rings. The Labute approximate surface area is 187 Å². The van der Waals surface area contributed by atoms with Gasteiger partial charge < -0.3 is 15.4 Å². The second-order valence-corrected chi connectivity index (χ2v) is 8.93. The van der Waals surface area contributed by atoms with E-state index in [0.717, 1.165) is 16.0 Å². The number of hydrogen-bond acceptors (Lipinski definition) is 7. The minimum absolute atomic E-state index is 0.243. The van der Waals surface area contributed by atoms with Gasteiger partial charge in [0.15, 0.2) is 0 Å². The highest BCUT2D eigenvalue weighted by Gasteiger charge is 2.65. The molecule has 5 rings (SSSR count). The van der Waals surface area contributed by atoms with Crippen molar-refractivity contribution in [3.05, 3.63) is 70.8 Å². The summed E-state index contributed by atoms with van der Waals surface area (Å²) in [6.45, 7) is 3.03. The van der Waals surface area contributed by atoms with E-state index in [0.29, 0.717) is 16.8 Å². The number of rotatable bonds is 4. The minimum atomic E-state index is -1.98. The van der Waals surface area contributed by atoms with Crippen LogP contribution in [0.15, 0.2) is 59.7 Å². The third-order valence-electron chi connectivity index (χ3n) is 6.66. The number of benzene rings is 2. The summed E-state index contributed by atoms with van der Waals surface area (Å²) in [5, 5.41) is 33.9. The fourth-order valence-electron chi connectivity index (χ4n) is 4.88. The number of anilines is 1. The maximum Gasteiger partial charge on any atom is 0.326 e. The van der Waals surface area contributed by atoms with Crippen molar-refractivity contribution in [3.63, 3.8) is 0 Å². The van der Waals surface area contributed by atoms with Gasteiger partial charge in [-0.25, -0.2) is 9.78 Å². The average molecular weight is 450 g/mol. The first-order valence-corrected chi connectivity index (χ1v) is 10.4. The van der Waals surface area contributed by atoms with Gasteiger partial charge in [0.25, 0.3) is 11.5 Å². The van der Waals surface area contributed by atoms with Crippen LogP contribution in [0.1, 0.15) is 31.9 Å². The van der Waals surface area contributed by atoms with E-state index >= 15 is 0 Å². The highest BCUT2D eigenvalue weighted by Crippen LogP contribution is 2.53. The number of hydrogen-bond donors (Lipinski definition) is 3. The maximum atomic E-state index is 13.1. The third kappa shape index (κ3) is 2.78. The van der Waals surface area contributed by atoms with E-state index in [1.165, 1.54) is 18.7 Å². The third-order valence-corrected chi connectivity index (χ3v) is 6.66. The summed E-state index contributed by atoms with van der Waals surface area (Å²) in [5.41, 5.74) is -2.79. The Morgan fingerprint density at radius 3 is 2.52 bits per heavy atom. The van der Waals surface area contributed by atoms with Gasteiger partial charge in [0.05, 0.1) is 22.9 Å². The van der Waals surface area contributed by atoms with Gasteiger partial charge in [-0.05, 0) is 32.0 Å². The van der Waals surface area contributed by atoms with Crippen molar-refractivity contribution in [2.45, 2.75) is 43.6 Å². The van der Waals surface area contributed by atoms with Crippen molar-refractivity contribution in [1.82, 2.24) is 14.6 Å². The van der Waals surface area contributed by atoms with Crippen LogP contribution in [-0.4, -0.2) is 53.6 Å². The van der Waals surface area contributed by atoms with Gasteiger partial charge in [-0.15, -0.1) is 0 Å². The number of fused-ring (bicyclic) bond motifs is 4. The molecule has 2 aliphatic heterocycles. The van der Waals surface area contributed by atoms with Crippen molar-refractivity contribution in [1.29, 1.82) is 0 Å². The minimum Gasteiger partial charge on any atom is -0.480 e. The summed E-state index contributed by atoms with van der Waals surface area (Å²) >= 11 is 0. The maximum absolute atomic E-state index is 13.1. The number of carbonyl (C=O) groups is 2. The number of carboxylic acids is 1. The summed E-state index contributed by atoms with van der Waals surface area (Å²) < 4.78 is 0.970. The van der Waals surface area contributed by atoms with Gasteiger partial charge in [-0.1, -0.05) is 30.3 Å². The Hall–Kier alpha value is -3.60. The lowest BCUT2D eigenvalue weighted by atomic mass is 9.85. The highest BCUT2D eigenvalue weighted by molar-refractivity contribution is 6.04. The molecule has 1 saturated heterocycles. The topological polar surface area (TPSA) is 136 Å². The second kappa shape index (κ2) is 6.95. The molecule has 3 heterocycles. The molecule has 0 saturated carbocycles. The molecule has 1 amide bonds. The van der Waals surface area contributed by atoms with Crippen molar-refractivity contribution < 1.29 is 25.0 Å². The molecule has 0 spiro atoms. The van der Waals surface area contributed by atoms with Crippen molar-refractivity contribution in [2.75, 3.05) is 4.90 Å². The van der Waals surface area contributed by atoms with E-state index in [4.69, 9.17) is 0 Å². The van der Waals surface area contributed by atoms with Crippen molar-refractivity contribution in [2.24, 2.45) is 0 Å². The number of aliphatic hydroxyl groups is 1. The Kier molecular flexibility index (Phi) is 4.47. The fourth-order valence-corrected chi connectivity index (χ4v) is 4.88. The number of carbonyl (C=O) groups excluding carboxylic acids is 1. The lowest BCUT2D eigenvalue weighted by molar-refractivity contribution is -0.210. The molecule has 10 nitrogen and oxygen atoms in total. The Morgan fingerprint density at radius 1 is 1.12 bits per heavy atom. The SMILES string of the molecule is CC1(C)C(=O)N2c3ccccc3[C@@](O)(C[C@@H](C(=O)O)n3cnc4ccccc4c3=O)[C@@H]2N1O. The van der Waals surface area contributed by atoms with Gasteiger partial charge in [0.2, 0.25) is 0 Å². The van der Waals surface area contributed by atoms with E-state index in [2.05, 4.69) is 4.98 Å². The predicted octanol–water partition coefficient (Wildman–Crippen LogP) is 1.46. The lowest BCUT2D eigenvalue weighted by Crippen LogP contribution is -2.53. The summed E-state index contributed by atoms with van der Waals surface area (Å²) in [4.78, 5) is 44.0. The van der Waals surface area contributed by atoms with Gasteiger partial charge in [-0.3, -0.25) is 19.1 Å². The molecule has 3 aromatic rings. The summed E-state index contributed by atoms with van der Waals surface area (Å²) in [6, 6.07) is 11.6. The van der Waals surface area contributed by atoms with Crippen LogP contribution < -0.4 is 10.5 Å². The van der Waals surface area contributed by atoms with Gasteiger partial charge in [-0.2, -0.15) is 5.06 Å². The quantitative estimate of drug-likeness (QED) is 0.544. The fraction of sp³-hybridized carbons (Fsp3) is 0.304. The van der Waals surface area contributed by atoms with Gasteiger partial charge >= 0.3 is 5.97 Å². The molecule has 0 unspecified atom stereocenters. The number of aromatic nitrogens is 2. The normalized spacial score (nSPS) is 24.7. The van der Waals surface area contributed by atoms with Crippen LogP contribution in [0, 0.1) is 0 Å². The molecular weight excluding hydrogens is 428 g/mol. The molecule has 0 bridgehead atoms. The molecule has 0 aliphatic carbocycles. The first-order valence-electron chi connectivity index (χ1n) is 10.4. The van der Waals surface area contributed by atoms with E-state index in [-0.39, 0.29) is 5.39 Å². The zero-order valence-corrected chi connectivity index (χ0v) is 17.9. The molecular formula is C23H22N4O6. The Bertz CT molecular complexity index is 1370. The van der Waals surface area contributed by atoms with Crippen LogP contribution >= 0.6 is 0 Å². The van der Waals surface area contributed by atoms with Gasteiger partial charge in [0.1, 0.15) is 23.3 Å². The van der Waals surface area contributed by atoms with E-state index in [9.17, 15) is 29.8 Å². The summed E-state index contributed by atoms with van der Waals surface area (Å²) in [5.74, 6) is -1.79. The van der Waals surface area contributed by atoms with Crippen LogP contribution in [0.25, 0.3) is 10.9 Å². The molecule has 1 fully saturated rings. The summed E-state index contributed by atoms with van der Waals surface area (Å²) in [7, 11) is 0. The number of nitrogens with zero attached hydrogens (tertiary/aromatic N) is 4. The second-order valence-electron chi connectivity index (χ2n) is 8.93. The number of carboxylic acid groups (broad SMARTS) is 1. The smallest absolute Gasteiger partial charge is 0.326 e. The number of para-hydroxylation sites is 2. The standard InChI is InChI=1S/C23H22N4O6/c1-22(2)21(31)26-16-10-6-4-8-14(16)23(32,20(26)27(22)33)11-17(19(29)30)25-12-24-15-9-5-3-7-13(15)18(25)28/h3-10,12,17,20,32-33H,11H2,1-2H3,(H,29,30)/t17-,20-,23-/m0/s1. The highest BCUT2D eigenvalue weighted by atomic mass is 16.5. The molecule has 3 N–H and O–H groups in total. The van der Waals surface area contributed by atoms with E-state index in [1.54, 1.807) is 48.5 Å². The number of amides is 1. The van der Waals surface area contributed by atoms with E-state index in [1.807, 2.05) is 0 Å². The number of aliphatic carboxylic acids is 1. The molecule has 2 aromatic carbocycles. The number of hydroxylamine groups is 2. The van der Waals surface area contributed by atoms with Crippen LogP contribution in [0.3, 0.4) is 0 Å². The molecule has 3 atom stereocenters. The van der Waals surface area contributed by atoms with Gasteiger partial charge in [0, 0.05) is 12.0 Å². The molecule has 170 valence electrons. The molecule has 33 heavy (non-hydrogen) atoms. The summed E-state index contributed by atoms with van der Waals surface area (Å²) in [6.07, 6.45) is -0.601. The zero-order chi connectivity index (χ0) is 23.7. The van der Waals surface area contributed by atoms with Crippen LogP contribution in [-0.2, 0) is 15.2 Å². The lowest BCUT2D eigenvalue weighted by Gasteiger charge is -2.37. The molecule has 1 aromatic heterocycles. The first kappa shape index (κ1) is 21.3. The average Bonchev–Trinajstić information content (AvgIpc) is 3.15. The van der Waals surface area contributed by atoms with Crippen LogP contribution in [0.5, 0.6) is 0 Å². The van der Waals surface area contributed by atoms with Crippen molar-refractivity contribution >= 4 is 28.5 Å². The monoisotopic (exact) mass is 450 g/mol. The Balaban J connectivity index is 1.66. The van der Waals surface area contributed by atoms with Crippen molar-refractivity contribution in [3.8, 4) is 0 Å². The van der Waals surface area contributed by atoms with E-state index < -0.39 is 47.2 Å². The molecule has 10 heteroatoms. The zero-order valence-electron chi connectivity index (χ0n) is 17.9. The molecule has 0 radical (unpaired) electrons. The largest absolute Gasteiger partial charge is 0.480 e. The van der Waals surface area contributed by atoms with Crippen LogP contribution in [0.2, 0.25) is 0 Å². The Morgan fingerprint density at radius 2 is 1.79 bits per heavy atom.